The normalized spacial score (nSPS) is 10.5. The predicted octanol–water partition coefficient (Wildman–Crippen LogP) is 3.46. The van der Waals surface area contributed by atoms with Crippen LogP contribution in [0.1, 0.15) is 11.3 Å². The van der Waals surface area contributed by atoms with E-state index in [1.165, 1.54) is 0 Å². The van der Waals surface area contributed by atoms with Gasteiger partial charge in [-0.15, -0.1) is 0 Å². The third-order valence-electron chi connectivity index (χ3n) is 4.27. The fraction of sp³-hybridized carbons (Fsp3) is 0.190. The number of amides is 2. The fourth-order valence-corrected chi connectivity index (χ4v) is 3.23. The molecule has 28 heavy (non-hydrogen) atoms. The molecule has 7 heteroatoms. The first-order valence-corrected chi connectivity index (χ1v) is 9.63. The summed E-state index contributed by atoms with van der Waals surface area (Å²) in [4.78, 5) is 24.4. The highest BCUT2D eigenvalue weighted by atomic mass is 79.9. The molecule has 2 amide bonds. The van der Waals surface area contributed by atoms with Gasteiger partial charge in [0.25, 0.3) is 0 Å². The summed E-state index contributed by atoms with van der Waals surface area (Å²) in [5, 5.41) is 9.94. The van der Waals surface area contributed by atoms with E-state index in [1.54, 1.807) is 11.7 Å². The number of nitrogens with one attached hydrogen (secondary N) is 2. The van der Waals surface area contributed by atoms with Crippen molar-refractivity contribution in [1.82, 2.24) is 15.1 Å². The molecule has 0 spiro atoms. The lowest BCUT2D eigenvalue weighted by atomic mass is 10.1. The van der Waals surface area contributed by atoms with Gasteiger partial charge in [-0.1, -0.05) is 58.4 Å². The molecule has 1 heterocycles. The van der Waals surface area contributed by atoms with E-state index >= 15 is 0 Å². The molecule has 0 radical (unpaired) electrons. The molecule has 144 valence electrons. The summed E-state index contributed by atoms with van der Waals surface area (Å²) in [5.41, 5.74) is 3.53. The number of hydrogen-bond acceptors (Lipinski definition) is 3. The molecule has 0 aliphatic carbocycles. The third kappa shape index (κ3) is 4.86. The maximum Gasteiger partial charge on any atom is 0.244 e. The van der Waals surface area contributed by atoms with Gasteiger partial charge >= 0.3 is 0 Å². The first-order valence-electron chi connectivity index (χ1n) is 8.84. The molecule has 1 aromatic heterocycles. The molecule has 0 fully saturated rings. The maximum atomic E-state index is 12.4. The van der Waals surface area contributed by atoms with Crippen molar-refractivity contribution in [2.24, 2.45) is 7.05 Å². The maximum absolute atomic E-state index is 12.4. The van der Waals surface area contributed by atoms with Gasteiger partial charge in [-0.25, -0.2) is 0 Å². The Bertz CT molecular complexity index is 982. The molecule has 0 saturated heterocycles. The second kappa shape index (κ2) is 8.84. The summed E-state index contributed by atoms with van der Waals surface area (Å²) in [6.45, 7) is 1.80. The highest BCUT2D eigenvalue weighted by molar-refractivity contribution is 9.10. The first kappa shape index (κ1) is 19.8. The SMILES string of the molecule is Cc1nn(C)c(NC(=O)CNC(=O)Cc2ccccc2)c1-c1ccc(Br)cc1. The molecule has 2 aromatic carbocycles. The van der Waals surface area contributed by atoms with Crippen molar-refractivity contribution in [3.63, 3.8) is 0 Å². The standard InChI is InChI=1S/C21H21BrN4O2/c1-14-20(16-8-10-17(22)11-9-16)21(26(2)25-14)24-19(28)13-23-18(27)12-15-6-4-3-5-7-15/h3-11H,12-13H2,1-2H3,(H,23,27)(H,24,28). The monoisotopic (exact) mass is 440 g/mol. The average Bonchev–Trinajstić information content (AvgIpc) is 2.95. The molecule has 0 aliphatic heterocycles. The molecule has 3 aromatic rings. The van der Waals surface area contributed by atoms with Gasteiger partial charge in [0.1, 0.15) is 5.82 Å². The van der Waals surface area contributed by atoms with E-state index in [2.05, 4.69) is 31.7 Å². The molecular weight excluding hydrogens is 420 g/mol. The van der Waals surface area contributed by atoms with Crippen LogP contribution in [-0.2, 0) is 23.1 Å². The molecule has 3 rings (SSSR count). The van der Waals surface area contributed by atoms with Crippen LogP contribution >= 0.6 is 15.9 Å². The number of anilines is 1. The van der Waals surface area contributed by atoms with Gasteiger partial charge in [-0.05, 0) is 30.2 Å². The number of hydrogen-bond donors (Lipinski definition) is 2. The lowest BCUT2D eigenvalue weighted by Crippen LogP contribution is -2.34. The molecule has 0 bridgehead atoms. The summed E-state index contributed by atoms with van der Waals surface area (Å²) < 4.78 is 2.61. The number of aromatic nitrogens is 2. The van der Waals surface area contributed by atoms with Crippen molar-refractivity contribution in [1.29, 1.82) is 0 Å². The lowest BCUT2D eigenvalue weighted by Gasteiger charge is -2.10. The van der Waals surface area contributed by atoms with Gasteiger partial charge in [0.05, 0.1) is 18.7 Å². The molecular formula is C21H21BrN4O2. The van der Waals surface area contributed by atoms with E-state index in [0.29, 0.717) is 5.82 Å². The Morgan fingerprint density at radius 1 is 1.04 bits per heavy atom. The Hall–Kier alpha value is -2.93. The Morgan fingerprint density at radius 2 is 1.71 bits per heavy atom. The lowest BCUT2D eigenvalue weighted by molar-refractivity contribution is -0.123. The van der Waals surface area contributed by atoms with Crippen LogP contribution in [0.3, 0.4) is 0 Å². The smallest absolute Gasteiger partial charge is 0.244 e. The van der Waals surface area contributed by atoms with Crippen LogP contribution in [0.4, 0.5) is 5.82 Å². The van der Waals surface area contributed by atoms with E-state index in [0.717, 1.165) is 26.9 Å². The van der Waals surface area contributed by atoms with Gasteiger partial charge in [-0.2, -0.15) is 5.10 Å². The summed E-state index contributed by atoms with van der Waals surface area (Å²) >= 11 is 3.43. The Labute approximate surface area is 172 Å². The van der Waals surface area contributed by atoms with Crippen LogP contribution in [0.25, 0.3) is 11.1 Å². The van der Waals surface area contributed by atoms with Crippen LogP contribution in [0.5, 0.6) is 0 Å². The van der Waals surface area contributed by atoms with E-state index in [4.69, 9.17) is 0 Å². The molecule has 0 unspecified atom stereocenters. The second-order valence-electron chi connectivity index (χ2n) is 6.43. The Balaban J connectivity index is 1.65. The minimum absolute atomic E-state index is 0.102. The average molecular weight is 441 g/mol. The minimum Gasteiger partial charge on any atom is -0.347 e. The van der Waals surface area contributed by atoms with Crippen molar-refractivity contribution in [2.45, 2.75) is 13.3 Å². The zero-order valence-electron chi connectivity index (χ0n) is 15.7. The number of carbonyl (C=O) groups excluding carboxylic acids is 2. The van der Waals surface area contributed by atoms with Crippen molar-refractivity contribution in [3.05, 3.63) is 70.3 Å². The highest BCUT2D eigenvalue weighted by Gasteiger charge is 2.17. The summed E-state index contributed by atoms with van der Waals surface area (Å²) in [5.74, 6) is 0.0978. The molecule has 0 atom stereocenters. The number of benzene rings is 2. The van der Waals surface area contributed by atoms with Gasteiger partial charge in [0.15, 0.2) is 0 Å². The molecule has 0 saturated carbocycles. The molecule has 2 N–H and O–H groups in total. The van der Waals surface area contributed by atoms with Crippen molar-refractivity contribution >= 4 is 33.6 Å². The van der Waals surface area contributed by atoms with Crippen LogP contribution in [0.2, 0.25) is 0 Å². The zero-order valence-corrected chi connectivity index (χ0v) is 17.3. The number of carbonyl (C=O) groups is 2. The predicted molar refractivity (Wildman–Crippen MR) is 113 cm³/mol. The quantitative estimate of drug-likeness (QED) is 0.615. The summed E-state index contributed by atoms with van der Waals surface area (Å²) in [7, 11) is 1.78. The summed E-state index contributed by atoms with van der Waals surface area (Å²) in [6.07, 6.45) is 0.239. The summed E-state index contributed by atoms with van der Waals surface area (Å²) in [6, 6.07) is 17.2. The van der Waals surface area contributed by atoms with Gasteiger partial charge in [-0.3, -0.25) is 14.3 Å². The van der Waals surface area contributed by atoms with Crippen molar-refractivity contribution in [3.8, 4) is 11.1 Å². The fourth-order valence-electron chi connectivity index (χ4n) is 2.96. The molecule has 6 nitrogen and oxygen atoms in total. The molecule has 0 aliphatic rings. The van der Waals surface area contributed by atoms with E-state index in [9.17, 15) is 9.59 Å². The Kier molecular flexibility index (Phi) is 6.26. The topological polar surface area (TPSA) is 76.0 Å². The van der Waals surface area contributed by atoms with Crippen molar-refractivity contribution in [2.75, 3.05) is 11.9 Å². The number of rotatable bonds is 6. The number of aryl methyl sites for hydroxylation is 2. The zero-order chi connectivity index (χ0) is 20.1. The van der Waals surface area contributed by atoms with Crippen molar-refractivity contribution < 1.29 is 9.59 Å². The van der Waals surface area contributed by atoms with Gasteiger partial charge < -0.3 is 10.6 Å². The third-order valence-corrected chi connectivity index (χ3v) is 4.80. The van der Waals surface area contributed by atoms with Crippen LogP contribution in [0, 0.1) is 6.92 Å². The van der Waals surface area contributed by atoms with Gasteiger partial charge in [0, 0.05) is 17.1 Å². The van der Waals surface area contributed by atoms with E-state index < -0.39 is 0 Å². The minimum atomic E-state index is -0.303. The highest BCUT2D eigenvalue weighted by Crippen LogP contribution is 2.31. The largest absolute Gasteiger partial charge is 0.347 e. The second-order valence-corrected chi connectivity index (χ2v) is 7.34. The van der Waals surface area contributed by atoms with E-state index in [-0.39, 0.29) is 24.8 Å². The van der Waals surface area contributed by atoms with Crippen LogP contribution in [0.15, 0.2) is 59.1 Å². The number of nitrogens with zero attached hydrogens (tertiary/aromatic N) is 2. The van der Waals surface area contributed by atoms with Crippen LogP contribution in [-0.4, -0.2) is 28.1 Å². The van der Waals surface area contributed by atoms with Gasteiger partial charge in [0.2, 0.25) is 11.8 Å². The van der Waals surface area contributed by atoms with E-state index in [1.807, 2.05) is 61.5 Å². The first-order chi connectivity index (χ1) is 13.4. The Morgan fingerprint density at radius 3 is 2.39 bits per heavy atom. The number of halogens is 1. The van der Waals surface area contributed by atoms with Crippen LogP contribution < -0.4 is 10.6 Å².